The lowest BCUT2D eigenvalue weighted by atomic mass is 10.1. The molecule has 88 valence electrons. The number of aromatic nitrogens is 1. The monoisotopic (exact) mass is 249 g/mol. The molecule has 0 bridgehead atoms. The second kappa shape index (κ2) is 4.16. The summed E-state index contributed by atoms with van der Waals surface area (Å²) in [6.45, 7) is 0. The molecule has 0 unspecified atom stereocenters. The molecule has 0 spiro atoms. The van der Waals surface area contributed by atoms with Crippen LogP contribution in [0.5, 0.6) is 0 Å². The van der Waals surface area contributed by atoms with E-state index in [4.69, 9.17) is 0 Å². The van der Waals surface area contributed by atoms with Crippen molar-refractivity contribution >= 4 is 17.1 Å². The minimum absolute atomic E-state index is 0.168. The Kier molecular flexibility index (Phi) is 3.01. The first-order valence-corrected chi connectivity index (χ1v) is 5.83. The van der Waals surface area contributed by atoms with Gasteiger partial charge in [-0.05, 0) is 19.3 Å². The maximum absolute atomic E-state index is 12.2. The van der Waals surface area contributed by atoms with Crippen LogP contribution in [0, 0.1) is 5.92 Å². The van der Waals surface area contributed by atoms with Gasteiger partial charge in [-0.3, -0.25) is 4.79 Å². The Morgan fingerprint density at radius 1 is 1.50 bits per heavy atom. The van der Waals surface area contributed by atoms with Crippen molar-refractivity contribution < 1.29 is 18.0 Å². The summed E-state index contributed by atoms with van der Waals surface area (Å²) in [4.78, 5) is 15.2. The van der Waals surface area contributed by atoms with Crippen molar-refractivity contribution in [3.05, 3.63) is 16.1 Å². The second-order valence-corrected chi connectivity index (χ2v) is 4.99. The summed E-state index contributed by atoms with van der Waals surface area (Å²) in [6.07, 6.45) is -0.561. The summed E-state index contributed by atoms with van der Waals surface area (Å²) in [5.74, 6) is 0.344. The molecule has 0 atom stereocenters. The number of nitrogens with zero attached hydrogens (tertiary/aromatic N) is 1. The van der Waals surface area contributed by atoms with E-state index in [1.54, 1.807) is 0 Å². The minimum atomic E-state index is -4.37. The molecule has 2 rings (SSSR count). The number of aryl methyl sites for hydroxylation is 1. The maximum atomic E-state index is 12.2. The molecule has 0 aliphatic heterocycles. The quantitative estimate of drug-likeness (QED) is 0.820. The van der Waals surface area contributed by atoms with Gasteiger partial charge in [0.25, 0.3) is 0 Å². The summed E-state index contributed by atoms with van der Waals surface area (Å²) >= 11 is 0.626. The number of thiazole rings is 1. The Bertz CT molecular complexity index is 395. The molecule has 0 aromatic carbocycles. The summed E-state index contributed by atoms with van der Waals surface area (Å²) in [5, 5.41) is -0.832. The Morgan fingerprint density at radius 2 is 2.19 bits per heavy atom. The second-order valence-electron chi connectivity index (χ2n) is 3.87. The van der Waals surface area contributed by atoms with Gasteiger partial charge in [0.05, 0.1) is 0 Å². The number of hydrogen-bond acceptors (Lipinski definition) is 3. The Balaban J connectivity index is 1.90. The van der Waals surface area contributed by atoms with Crippen LogP contribution in [0.1, 0.15) is 29.1 Å². The Morgan fingerprint density at radius 3 is 2.69 bits per heavy atom. The molecule has 0 saturated heterocycles. The molecule has 1 aliphatic rings. The van der Waals surface area contributed by atoms with E-state index >= 15 is 0 Å². The van der Waals surface area contributed by atoms with Gasteiger partial charge in [0.2, 0.25) is 0 Å². The molecule has 1 saturated carbocycles. The van der Waals surface area contributed by atoms with E-state index in [-0.39, 0.29) is 11.7 Å². The van der Waals surface area contributed by atoms with E-state index in [1.165, 1.54) is 6.20 Å². The van der Waals surface area contributed by atoms with Crippen molar-refractivity contribution in [2.24, 2.45) is 5.92 Å². The summed E-state index contributed by atoms with van der Waals surface area (Å²) < 4.78 is 36.7. The molecule has 0 radical (unpaired) electrons. The highest BCUT2D eigenvalue weighted by Gasteiger charge is 2.34. The summed E-state index contributed by atoms with van der Waals surface area (Å²) in [7, 11) is 0. The Hall–Kier alpha value is -0.910. The highest BCUT2D eigenvalue weighted by atomic mass is 32.1. The van der Waals surface area contributed by atoms with Gasteiger partial charge >= 0.3 is 6.18 Å². The van der Waals surface area contributed by atoms with Crippen LogP contribution in [-0.4, -0.2) is 10.8 Å². The van der Waals surface area contributed by atoms with E-state index < -0.39 is 11.2 Å². The number of alkyl halides is 3. The highest BCUT2D eigenvalue weighted by molar-refractivity contribution is 7.11. The van der Waals surface area contributed by atoms with Crippen LogP contribution in [0.15, 0.2) is 6.20 Å². The first-order valence-electron chi connectivity index (χ1n) is 5.01. The lowest BCUT2D eigenvalue weighted by Gasteiger charge is -1.99. The van der Waals surface area contributed by atoms with Crippen molar-refractivity contribution in [3.63, 3.8) is 0 Å². The predicted molar refractivity (Wildman–Crippen MR) is 53.2 cm³/mol. The number of carbonyl (C=O) groups is 1. The number of carbonyl (C=O) groups excluding carboxylic acids is 1. The van der Waals surface area contributed by atoms with Gasteiger partial charge in [-0.25, -0.2) is 4.98 Å². The van der Waals surface area contributed by atoms with Gasteiger partial charge in [0.15, 0.2) is 5.01 Å². The molecule has 1 heterocycles. The fraction of sp³-hybridized carbons (Fsp3) is 0.600. The first kappa shape index (κ1) is 11.6. The molecule has 1 fully saturated rings. The molecule has 1 aromatic heterocycles. The normalized spacial score (nSPS) is 16.4. The summed E-state index contributed by atoms with van der Waals surface area (Å²) in [6, 6.07) is 0. The van der Waals surface area contributed by atoms with Crippen molar-refractivity contribution in [2.45, 2.75) is 31.9 Å². The van der Waals surface area contributed by atoms with Crippen LogP contribution in [0.4, 0.5) is 13.2 Å². The van der Waals surface area contributed by atoms with Gasteiger partial charge in [0, 0.05) is 23.4 Å². The zero-order valence-corrected chi connectivity index (χ0v) is 9.20. The molecular weight excluding hydrogens is 239 g/mol. The average Bonchev–Trinajstić information content (AvgIpc) is 2.92. The molecule has 0 N–H and O–H groups in total. The van der Waals surface area contributed by atoms with Crippen LogP contribution in [0.3, 0.4) is 0 Å². The van der Waals surface area contributed by atoms with Crippen LogP contribution >= 0.6 is 11.3 Å². The first-order chi connectivity index (χ1) is 7.47. The van der Waals surface area contributed by atoms with E-state index in [1.807, 2.05) is 0 Å². The molecular formula is C10H10F3NOS. The van der Waals surface area contributed by atoms with Crippen LogP contribution in [0.2, 0.25) is 0 Å². The van der Waals surface area contributed by atoms with Crippen molar-refractivity contribution in [1.82, 2.24) is 4.98 Å². The molecule has 0 amide bonds. The van der Waals surface area contributed by atoms with E-state index in [0.717, 1.165) is 12.8 Å². The average molecular weight is 249 g/mol. The third-order valence-corrected chi connectivity index (χ3v) is 3.55. The fourth-order valence-corrected chi connectivity index (χ4v) is 2.19. The van der Waals surface area contributed by atoms with E-state index in [9.17, 15) is 18.0 Å². The van der Waals surface area contributed by atoms with Crippen LogP contribution in [-0.2, 0) is 17.4 Å². The third-order valence-electron chi connectivity index (χ3n) is 2.45. The molecule has 1 aliphatic carbocycles. The predicted octanol–water partition coefficient (Wildman–Crippen LogP) is 3.07. The van der Waals surface area contributed by atoms with Gasteiger partial charge in [-0.2, -0.15) is 13.2 Å². The van der Waals surface area contributed by atoms with E-state index in [2.05, 4.69) is 4.98 Å². The van der Waals surface area contributed by atoms with Crippen molar-refractivity contribution in [3.8, 4) is 0 Å². The number of hydrogen-bond donors (Lipinski definition) is 0. The molecule has 1 aromatic rings. The van der Waals surface area contributed by atoms with Crippen molar-refractivity contribution in [1.29, 1.82) is 0 Å². The molecule has 2 nitrogen and oxygen atoms in total. The van der Waals surface area contributed by atoms with Crippen LogP contribution < -0.4 is 0 Å². The topological polar surface area (TPSA) is 30.0 Å². The number of halogens is 3. The van der Waals surface area contributed by atoms with Gasteiger partial charge < -0.3 is 0 Å². The zero-order chi connectivity index (χ0) is 11.8. The summed E-state index contributed by atoms with van der Waals surface area (Å²) in [5.41, 5.74) is 0. The van der Waals surface area contributed by atoms with Gasteiger partial charge in [-0.15, -0.1) is 11.3 Å². The Labute approximate surface area is 94.5 Å². The zero-order valence-electron chi connectivity index (χ0n) is 8.38. The lowest BCUT2D eigenvalue weighted by molar-refractivity contribution is -0.137. The number of rotatable bonds is 4. The fourth-order valence-electron chi connectivity index (χ4n) is 1.41. The largest absolute Gasteiger partial charge is 0.443 e. The lowest BCUT2D eigenvalue weighted by Crippen LogP contribution is -2.03. The number of Topliss-reactive ketones (excluding diaryl/α,β-unsaturated/α-hetero) is 1. The standard InChI is InChI=1S/C10H10F3NOS/c11-10(12,13)9-14-5-7(16-9)3-4-8(15)6-1-2-6/h5-6H,1-4H2. The van der Waals surface area contributed by atoms with Crippen molar-refractivity contribution in [2.75, 3.05) is 0 Å². The maximum Gasteiger partial charge on any atom is 0.443 e. The number of ketones is 1. The highest BCUT2D eigenvalue weighted by Crippen LogP contribution is 2.34. The van der Waals surface area contributed by atoms with Gasteiger partial charge in [-0.1, -0.05) is 0 Å². The van der Waals surface area contributed by atoms with Crippen LogP contribution in [0.25, 0.3) is 0 Å². The SMILES string of the molecule is O=C(CCc1cnc(C(F)(F)F)s1)C1CC1. The third kappa shape index (κ3) is 2.81. The minimum Gasteiger partial charge on any atom is -0.299 e. The molecule has 16 heavy (non-hydrogen) atoms. The smallest absolute Gasteiger partial charge is 0.299 e. The molecule has 6 heteroatoms. The van der Waals surface area contributed by atoms with E-state index in [0.29, 0.717) is 29.1 Å². The van der Waals surface area contributed by atoms with Gasteiger partial charge in [0.1, 0.15) is 5.78 Å².